The summed E-state index contributed by atoms with van der Waals surface area (Å²) in [6.45, 7) is 0. The Balaban J connectivity index is 3.53. The van der Waals surface area contributed by atoms with Crippen molar-refractivity contribution in [2.45, 2.75) is 0 Å². The van der Waals surface area contributed by atoms with Crippen molar-refractivity contribution in [2.24, 2.45) is 0 Å². The highest BCUT2D eigenvalue weighted by atomic mass is 19.1. The van der Waals surface area contributed by atoms with Gasteiger partial charge in [0.25, 0.3) is 0 Å². The van der Waals surface area contributed by atoms with Gasteiger partial charge >= 0.3 is 5.97 Å². The van der Waals surface area contributed by atoms with Gasteiger partial charge in [-0.05, 0) is 0 Å². The molecular weight excluding hydrogens is 193 g/mol. The van der Waals surface area contributed by atoms with Gasteiger partial charge in [0.2, 0.25) is 0 Å². The fourth-order valence-corrected chi connectivity index (χ4v) is 0.995. The number of rotatable bonds is 2. The highest BCUT2D eigenvalue weighted by Gasteiger charge is 2.22. The number of benzene rings is 1. The maximum absolute atomic E-state index is 13.1. The Bertz CT molecular complexity index is 391. The van der Waals surface area contributed by atoms with Crippen LogP contribution in [0.3, 0.4) is 0 Å². The normalized spacial score (nSPS) is 9.86. The quantitative estimate of drug-likeness (QED) is 0.486. The van der Waals surface area contributed by atoms with Gasteiger partial charge in [0.1, 0.15) is 5.56 Å². The molecule has 1 aromatic rings. The number of nitrogens with two attached hydrogens (primary N) is 1. The molecule has 1 rings (SSSR count). The van der Waals surface area contributed by atoms with E-state index in [1.54, 1.807) is 0 Å². The van der Waals surface area contributed by atoms with Crippen LogP contribution in [0.5, 0.6) is 11.5 Å². The van der Waals surface area contributed by atoms with Gasteiger partial charge in [-0.3, -0.25) is 0 Å². The van der Waals surface area contributed by atoms with E-state index >= 15 is 0 Å². The van der Waals surface area contributed by atoms with Crippen LogP contribution in [-0.2, 0) is 0 Å². The van der Waals surface area contributed by atoms with Crippen molar-refractivity contribution >= 4 is 11.7 Å². The lowest BCUT2D eigenvalue weighted by molar-refractivity contribution is 0.0688. The predicted molar refractivity (Wildman–Crippen MR) is 46.0 cm³/mol. The number of carboxylic acid groups (broad SMARTS) is 1. The molecule has 0 amide bonds. The molecule has 6 heteroatoms. The van der Waals surface area contributed by atoms with Crippen molar-refractivity contribution in [1.29, 1.82) is 0 Å². The summed E-state index contributed by atoms with van der Waals surface area (Å²) in [4.78, 5) is 10.6. The largest absolute Gasteiger partial charge is 0.504 e. The van der Waals surface area contributed by atoms with Crippen LogP contribution in [0.2, 0.25) is 0 Å². The lowest BCUT2D eigenvalue weighted by Gasteiger charge is -2.08. The zero-order chi connectivity index (χ0) is 10.9. The molecule has 0 aromatic heterocycles. The second kappa shape index (κ2) is 3.41. The predicted octanol–water partition coefficient (Wildman–Crippen LogP) is 0.820. The number of aromatic hydroxyl groups is 1. The summed E-state index contributed by atoms with van der Waals surface area (Å²) in [5, 5.41) is 17.8. The Kier molecular flexibility index (Phi) is 2.46. The summed E-state index contributed by atoms with van der Waals surface area (Å²) in [5.41, 5.74) is 3.90. The molecule has 0 radical (unpaired) electrons. The highest BCUT2D eigenvalue weighted by Crippen LogP contribution is 2.35. The zero-order valence-corrected chi connectivity index (χ0v) is 7.24. The summed E-state index contributed by atoms with van der Waals surface area (Å²) < 4.78 is 17.7. The van der Waals surface area contributed by atoms with Gasteiger partial charge in [0.15, 0.2) is 17.3 Å². The van der Waals surface area contributed by atoms with E-state index < -0.39 is 28.8 Å². The van der Waals surface area contributed by atoms with Crippen molar-refractivity contribution in [3.05, 3.63) is 17.4 Å². The number of phenols is 1. The van der Waals surface area contributed by atoms with E-state index in [2.05, 4.69) is 4.74 Å². The van der Waals surface area contributed by atoms with Gasteiger partial charge in [0, 0.05) is 6.07 Å². The molecule has 0 aliphatic rings. The lowest BCUT2D eigenvalue weighted by atomic mass is 10.1. The zero-order valence-electron chi connectivity index (χ0n) is 7.24. The number of methoxy groups -OCH3 is 1. The third-order valence-corrected chi connectivity index (χ3v) is 1.66. The molecule has 0 aliphatic heterocycles. The minimum absolute atomic E-state index is 0.179. The Morgan fingerprint density at radius 2 is 2.21 bits per heavy atom. The molecular formula is C8H8FNO4. The molecule has 1 aromatic carbocycles. The minimum Gasteiger partial charge on any atom is -0.504 e. The minimum atomic E-state index is -1.61. The first-order chi connectivity index (χ1) is 6.49. The van der Waals surface area contributed by atoms with Gasteiger partial charge < -0.3 is 20.7 Å². The number of carboxylic acids is 1. The number of carbonyl (C=O) groups is 1. The SMILES string of the molecule is COc1cc(N)c(F)c(C(=O)O)c1O. The topological polar surface area (TPSA) is 92.8 Å². The van der Waals surface area contributed by atoms with E-state index in [1.807, 2.05) is 0 Å². The number of halogens is 1. The number of hydrogen-bond acceptors (Lipinski definition) is 4. The van der Waals surface area contributed by atoms with Crippen LogP contribution in [0.15, 0.2) is 6.07 Å². The molecule has 0 atom stereocenters. The second-order valence-electron chi connectivity index (χ2n) is 2.51. The number of aromatic carboxylic acids is 1. The standard InChI is InChI=1S/C8H8FNO4/c1-14-4-2-3(10)6(9)5(7(4)11)8(12)13/h2,11H,10H2,1H3,(H,12,13). The summed E-state index contributed by atoms with van der Waals surface area (Å²) in [6, 6.07) is 1.01. The summed E-state index contributed by atoms with van der Waals surface area (Å²) in [7, 11) is 1.21. The number of anilines is 1. The van der Waals surface area contributed by atoms with Crippen LogP contribution >= 0.6 is 0 Å². The molecule has 0 unspecified atom stereocenters. The molecule has 0 heterocycles. The molecule has 0 fully saturated rings. The Hall–Kier alpha value is -1.98. The van der Waals surface area contributed by atoms with Crippen molar-refractivity contribution < 1.29 is 24.1 Å². The van der Waals surface area contributed by atoms with E-state index in [-0.39, 0.29) is 5.75 Å². The average Bonchev–Trinajstić information content (AvgIpc) is 2.11. The van der Waals surface area contributed by atoms with E-state index in [0.717, 1.165) is 6.07 Å². The van der Waals surface area contributed by atoms with E-state index in [9.17, 15) is 14.3 Å². The monoisotopic (exact) mass is 201 g/mol. The molecule has 0 aliphatic carbocycles. The van der Waals surface area contributed by atoms with Gasteiger partial charge in [0.05, 0.1) is 12.8 Å². The molecule has 0 saturated carbocycles. The van der Waals surface area contributed by atoms with Crippen molar-refractivity contribution in [3.63, 3.8) is 0 Å². The third kappa shape index (κ3) is 1.41. The maximum atomic E-state index is 13.1. The van der Waals surface area contributed by atoms with Gasteiger partial charge in [-0.2, -0.15) is 0 Å². The summed E-state index contributed by atoms with van der Waals surface area (Å²) in [6.07, 6.45) is 0. The van der Waals surface area contributed by atoms with Crippen molar-refractivity contribution in [2.75, 3.05) is 12.8 Å². The maximum Gasteiger partial charge on any atom is 0.342 e. The first-order valence-corrected chi connectivity index (χ1v) is 3.57. The average molecular weight is 201 g/mol. The fourth-order valence-electron chi connectivity index (χ4n) is 0.995. The van der Waals surface area contributed by atoms with Gasteiger partial charge in [-0.25, -0.2) is 9.18 Å². The summed E-state index contributed by atoms with van der Waals surface area (Å²) >= 11 is 0. The molecule has 76 valence electrons. The fraction of sp³-hybridized carbons (Fsp3) is 0.125. The van der Waals surface area contributed by atoms with Crippen LogP contribution in [0.1, 0.15) is 10.4 Å². The first-order valence-electron chi connectivity index (χ1n) is 3.57. The van der Waals surface area contributed by atoms with Crippen LogP contribution in [0.25, 0.3) is 0 Å². The Labute approximate surface area is 78.5 Å². The van der Waals surface area contributed by atoms with E-state index in [0.29, 0.717) is 0 Å². The van der Waals surface area contributed by atoms with Crippen molar-refractivity contribution in [1.82, 2.24) is 0 Å². The molecule has 0 spiro atoms. The third-order valence-electron chi connectivity index (χ3n) is 1.66. The van der Waals surface area contributed by atoms with Crippen LogP contribution in [0.4, 0.5) is 10.1 Å². The van der Waals surface area contributed by atoms with Gasteiger partial charge in [-0.1, -0.05) is 0 Å². The van der Waals surface area contributed by atoms with E-state index in [1.165, 1.54) is 7.11 Å². The smallest absolute Gasteiger partial charge is 0.342 e. The number of nitrogen functional groups attached to an aromatic ring is 1. The summed E-state index contributed by atoms with van der Waals surface area (Å²) in [5.74, 6) is -3.73. The first kappa shape index (κ1) is 10.1. The number of ether oxygens (including phenoxy) is 1. The van der Waals surface area contributed by atoms with E-state index in [4.69, 9.17) is 10.8 Å². The second-order valence-corrected chi connectivity index (χ2v) is 2.51. The Morgan fingerprint density at radius 1 is 1.64 bits per heavy atom. The van der Waals surface area contributed by atoms with Crippen molar-refractivity contribution in [3.8, 4) is 11.5 Å². The van der Waals surface area contributed by atoms with Crippen LogP contribution < -0.4 is 10.5 Å². The molecule has 14 heavy (non-hydrogen) atoms. The molecule has 5 nitrogen and oxygen atoms in total. The van der Waals surface area contributed by atoms with Crippen LogP contribution in [-0.4, -0.2) is 23.3 Å². The van der Waals surface area contributed by atoms with Crippen LogP contribution in [0, 0.1) is 5.82 Å². The molecule has 4 N–H and O–H groups in total. The van der Waals surface area contributed by atoms with Gasteiger partial charge in [-0.15, -0.1) is 0 Å². The molecule has 0 bridgehead atoms. The Morgan fingerprint density at radius 3 is 2.64 bits per heavy atom. The highest BCUT2D eigenvalue weighted by molar-refractivity contribution is 5.93. The molecule has 0 saturated heterocycles. The lowest BCUT2D eigenvalue weighted by Crippen LogP contribution is -2.05. The number of hydrogen-bond donors (Lipinski definition) is 3.